The molecule has 2 aromatic heterocycles. The second kappa shape index (κ2) is 7.75. The van der Waals surface area contributed by atoms with Gasteiger partial charge in [0.05, 0.1) is 30.3 Å². The van der Waals surface area contributed by atoms with Crippen molar-refractivity contribution in [3.8, 4) is 16.9 Å². The molecule has 158 valence electrons. The number of rotatable bonds is 4. The lowest BCUT2D eigenvalue weighted by atomic mass is 9.83. The number of nitrogens with zero attached hydrogens (tertiary/aromatic N) is 1. The van der Waals surface area contributed by atoms with Gasteiger partial charge in [-0.25, -0.2) is 0 Å². The lowest BCUT2D eigenvalue weighted by molar-refractivity contribution is -0.114. The smallest absolute Gasteiger partial charge is 0.260 e. The van der Waals surface area contributed by atoms with Crippen molar-refractivity contribution < 1.29 is 19.1 Å². The molecule has 1 aromatic carbocycles. The fourth-order valence-electron chi connectivity index (χ4n) is 3.42. The van der Waals surface area contributed by atoms with Crippen LogP contribution in [-0.4, -0.2) is 21.9 Å². The minimum atomic E-state index is -0.456. The number of imide groups is 1. The molecule has 0 bridgehead atoms. The van der Waals surface area contributed by atoms with Crippen molar-refractivity contribution in [2.45, 2.75) is 32.7 Å². The number of fused-ring (bicyclic) bond motifs is 1. The van der Waals surface area contributed by atoms with E-state index >= 15 is 0 Å². The largest absolute Gasteiger partial charge is 0.507 e. The van der Waals surface area contributed by atoms with Gasteiger partial charge in [-0.3, -0.25) is 19.9 Å². The predicted molar refractivity (Wildman–Crippen MR) is 116 cm³/mol. The standard InChI is InChI=1S/C24H23N3O4/c1-24(2,3)15-4-5-17-18(8-15)20(23(30)27-22(17)29)11-25-10-16-9-21(28)19(12-26-16)14-6-7-31-13-14/h4-9,11-13,25H,10H2,1-3H3,(H,26,28)(H,27,29,30)/b20-11-. The minimum absolute atomic E-state index is 0.0852. The zero-order valence-electron chi connectivity index (χ0n) is 17.5. The Morgan fingerprint density at radius 3 is 2.58 bits per heavy atom. The number of amides is 2. The Balaban J connectivity index is 1.58. The predicted octanol–water partition coefficient (Wildman–Crippen LogP) is 3.75. The molecule has 0 unspecified atom stereocenters. The molecular formula is C24H23N3O4. The average molecular weight is 417 g/mol. The van der Waals surface area contributed by atoms with Gasteiger partial charge in [-0.15, -0.1) is 0 Å². The first-order chi connectivity index (χ1) is 14.7. The summed E-state index contributed by atoms with van der Waals surface area (Å²) in [5.41, 5.74) is 4.24. The van der Waals surface area contributed by atoms with Crippen molar-refractivity contribution in [3.63, 3.8) is 0 Å². The molecule has 3 N–H and O–H groups in total. The molecule has 1 aliphatic heterocycles. The molecule has 0 saturated carbocycles. The SMILES string of the molecule is CC(C)(C)c1ccc2c(c1)/C(=C/NCc1cc(O)c(-c3ccoc3)cn1)C(=O)NC2=O. The molecule has 0 spiro atoms. The molecule has 7 heteroatoms. The van der Waals surface area contributed by atoms with E-state index in [1.165, 1.54) is 12.5 Å². The van der Waals surface area contributed by atoms with E-state index in [0.717, 1.165) is 11.1 Å². The van der Waals surface area contributed by atoms with Crippen LogP contribution in [0.5, 0.6) is 5.75 Å². The number of hydrogen-bond donors (Lipinski definition) is 3. The van der Waals surface area contributed by atoms with E-state index in [9.17, 15) is 14.7 Å². The Labute approximate surface area is 179 Å². The molecule has 0 saturated heterocycles. The average Bonchev–Trinajstić information content (AvgIpc) is 3.24. The van der Waals surface area contributed by atoms with Crippen molar-refractivity contribution in [1.29, 1.82) is 0 Å². The molecule has 1 aliphatic rings. The summed E-state index contributed by atoms with van der Waals surface area (Å²) in [6.45, 7) is 6.52. The molecule has 3 heterocycles. The van der Waals surface area contributed by atoms with Gasteiger partial charge >= 0.3 is 0 Å². The summed E-state index contributed by atoms with van der Waals surface area (Å²) in [5, 5.41) is 15.7. The first kappa shape index (κ1) is 20.4. The number of pyridine rings is 1. The summed E-state index contributed by atoms with van der Waals surface area (Å²) in [4.78, 5) is 29.1. The van der Waals surface area contributed by atoms with Gasteiger partial charge in [0.2, 0.25) is 0 Å². The van der Waals surface area contributed by atoms with Crippen molar-refractivity contribution in [2.75, 3.05) is 0 Å². The van der Waals surface area contributed by atoms with E-state index in [4.69, 9.17) is 4.42 Å². The summed E-state index contributed by atoms with van der Waals surface area (Å²) in [7, 11) is 0. The Hall–Kier alpha value is -3.87. The van der Waals surface area contributed by atoms with Gasteiger partial charge < -0.3 is 14.8 Å². The van der Waals surface area contributed by atoms with E-state index < -0.39 is 11.8 Å². The molecular weight excluding hydrogens is 394 g/mol. The minimum Gasteiger partial charge on any atom is -0.507 e. The van der Waals surface area contributed by atoms with E-state index in [0.29, 0.717) is 28.0 Å². The number of aromatic hydroxyl groups is 1. The summed E-state index contributed by atoms with van der Waals surface area (Å²) in [6, 6.07) is 8.85. The molecule has 2 amide bonds. The molecule has 0 radical (unpaired) electrons. The van der Waals surface area contributed by atoms with Gasteiger partial charge in [0.1, 0.15) is 5.75 Å². The molecule has 3 aromatic rings. The molecule has 31 heavy (non-hydrogen) atoms. The number of nitrogens with one attached hydrogen (secondary N) is 2. The van der Waals surface area contributed by atoms with E-state index in [1.54, 1.807) is 30.6 Å². The maximum atomic E-state index is 12.5. The van der Waals surface area contributed by atoms with Crippen LogP contribution in [0.3, 0.4) is 0 Å². The fraction of sp³-hybridized carbons (Fsp3) is 0.208. The van der Waals surface area contributed by atoms with Gasteiger partial charge in [0.25, 0.3) is 11.8 Å². The first-order valence-corrected chi connectivity index (χ1v) is 9.88. The van der Waals surface area contributed by atoms with Crippen LogP contribution in [0.4, 0.5) is 0 Å². The quantitative estimate of drug-likeness (QED) is 0.441. The number of aromatic nitrogens is 1. The molecule has 0 aliphatic carbocycles. The molecule has 7 nitrogen and oxygen atoms in total. The lowest BCUT2D eigenvalue weighted by Crippen LogP contribution is -2.37. The van der Waals surface area contributed by atoms with Crippen LogP contribution in [0.25, 0.3) is 16.7 Å². The highest BCUT2D eigenvalue weighted by Gasteiger charge is 2.28. The van der Waals surface area contributed by atoms with Crippen molar-refractivity contribution in [3.05, 3.63) is 77.6 Å². The maximum absolute atomic E-state index is 12.5. The first-order valence-electron chi connectivity index (χ1n) is 9.88. The zero-order chi connectivity index (χ0) is 22.2. The molecule has 4 rings (SSSR count). The van der Waals surface area contributed by atoms with Crippen LogP contribution in [0.2, 0.25) is 0 Å². The van der Waals surface area contributed by atoms with E-state index in [-0.39, 0.29) is 17.7 Å². The van der Waals surface area contributed by atoms with Gasteiger partial charge in [-0.05, 0) is 29.2 Å². The highest BCUT2D eigenvalue weighted by atomic mass is 16.3. The Bertz CT molecular complexity index is 1190. The molecule has 0 fully saturated rings. The summed E-state index contributed by atoms with van der Waals surface area (Å²) in [5.74, 6) is -0.775. The number of furan rings is 1. The van der Waals surface area contributed by atoms with Crippen LogP contribution in [0.15, 0.2) is 59.7 Å². The molecule has 0 atom stereocenters. The van der Waals surface area contributed by atoms with Crippen molar-refractivity contribution in [2.24, 2.45) is 0 Å². The monoisotopic (exact) mass is 417 g/mol. The van der Waals surface area contributed by atoms with Gasteiger partial charge in [0, 0.05) is 40.7 Å². The number of benzene rings is 1. The van der Waals surface area contributed by atoms with Gasteiger partial charge in [-0.2, -0.15) is 0 Å². The van der Waals surface area contributed by atoms with Crippen molar-refractivity contribution >= 4 is 17.4 Å². The number of hydrogen-bond acceptors (Lipinski definition) is 6. The van der Waals surface area contributed by atoms with Crippen LogP contribution in [0.1, 0.15) is 48.0 Å². The third-order valence-electron chi connectivity index (χ3n) is 5.19. The van der Waals surface area contributed by atoms with E-state index in [1.807, 2.05) is 12.1 Å². The fourth-order valence-corrected chi connectivity index (χ4v) is 3.42. The van der Waals surface area contributed by atoms with Gasteiger partial charge in [0.15, 0.2) is 0 Å². The number of carbonyl (C=O) groups excluding carboxylic acids is 2. The van der Waals surface area contributed by atoms with Crippen LogP contribution < -0.4 is 10.6 Å². The second-order valence-corrected chi connectivity index (χ2v) is 8.44. The summed E-state index contributed by atoms with van der Waals surface area (Å²) >= 11 is 0. The van der Waals surface area contributed by atoms with Crippen LogP contribution >= 0.6 is 0 Å². The van der Waals surface area contributed by atoms with Gasteiger partial charge in [-0.1, -0.05) is 26.8 Å². The number of carbonyl (C=O) groups is 2. The maximum Gasteiger partial charge on any atom is 0.260 e. The third kappa shape index (κ3) is 4.07. The third-order valence-corrected chi connectivity index (χ3v) is 5.19. The normalized spacial score (nSPS) is 15.0. The lowest BCUT2D eigenvalue weighted by Gasteiger charge is -2.24. The topological polar surface area (TPSA) is 104 Å². The van der Waals surface area contributed by atoms with Crippen LogP contribution in [0, 0.1) is 0 Å². The van der Waals surface area contributed by atoms with Crippen molar-refractivity contribution in [1.82, 2.24) is 15.6 Å². The Kier molecular flexibility index (Phi) is 5.10. The second-order valence-electron chi connectivity index (χ2n) is 8.44. The highest BCUT2D eigenvalue weighted by molar-refractivity contribution is 6.31. The van der Waals surface area contributed by atoms with E-state index in [2.05, 4.69) is 36.4 Å². The summed E-state index contributed by atoms with van der Waals surface area (Å²) in [6.07, 6.45) is 6.21. The Morgan fingerprint density at radius 1 is 1.10 bits per heavy atom. The zero-order valence-corrected chi connectivity index (χ0v) is 17.5. The Morgan fingerprint density at radius 2 is 1.90 bits per heavy atom. The summed E-state index contributed by atoms with van der Waals surface area (Å²) < 4.78 is 5.04. The highest BCUT2D eigenvalue weighted by Crippen LogP contribution is 2.31. The van der Waals surface area contributed by atoms with Crippen LogP contribution in [-0.2, 0) is 16.8 Å².